The van der Waals surface area contributed by atoms with Crippen molar-refractivity contribution in [2.24, 2.45) is 5.14 Å². The van der Waals surface area contributed by atoms with E-state index in [9.17, 15) is 0 Å². The van der Waals surface area contributed by atoms with Crippen LogP contribution in [0.4, 0.5) is 0 Å². The molecule has 0 saturated heterocycles. The molecule has 0 amide bonds. The molecule has 0 aromatic rings. The van der Waals surface area contributed by atoms with Gasteiger partial charge in [-0.05, 0) is 19.8 Å². The van der Waals surface area contributed by atoms with Crippen molar-refractivity contribution in [3.05, 3.63) is 0 Å². The van der Waals surface area contributed by atoms with E-state index in [4.69, 9.17) is 10.3 Å². The Morgan fingerprint density at radius 2 is 2.25 bits per heavy atom. The van der Waals surface area contributed by atoms with Crippen LogP contribution in [0.5, 0.6) is 0 Å². The molecule has 8 heavy (non-hydrogen) atoms. The van der Waals surface area contributed by atoms with Crippen LogP contribution in [-0.4, -0.2) is 15.2 Å². The molecule has 3 nitrogen and oxygen atoms in total. The first-order valence-electron chi connectivity index (χ1n) is 2.55. The van der Waals surface area contributed by atoms with E-state index in [2.05, 4.69) is 0 Å². The minimum absolute atomic E-state index is 0.0145. The van der Waals surface area contributed by atoms with Gasteiger partial charge in [0.1, 0.15) is 0 Å². The molecule has 0 aromatic heterocycles. The lowest BCUT2D eigenvalue weighted by molar-refractivity contribution is -0.0283. The molecule has 0 aromatic carbocycles. The van der Waals surface area contributed by atoms with Crippen LogP contribution in [0.15, 0.2) is 0 Å². The molecule has 0 radical (unpaired) electrons. The number of hydroxylamine groups is 1. The van der Waals surface area contributed by atoms with E-state index in [1.165, 1.54) is 0 Å². The molecule has 0 spiro atoms. The number of nitrogens with two attached hydrogens (primary N) is 1. The SMILES string of the molecule is CC1(N(O)SN)CC1. The second-order valence-corrected chi connectivity index (χ2v) is 2.93. The van der Waals surface area contributed by atoms with E-state index in [-0.39, 0.29) is 5.54 Å². The monoisotopic (exact) mass is 134 g/mol. The first kappa shape index (κ1) is 6.35. The number of hydrogen-bond donors (Lipinski definition) is 2. The summed E-state index contributed by atoms with van der Waals surface area (Å²) in [6, 6.07) is 0. The lowest BCUT2D eigenvalue weighted by atomic mass is 10.4. The van der Waals surface area contributed by atoms with Crippen molar-refractivity contribution in [3.8, 4) is 0 Å². The van der Waals surface area contributed by atoms with Gasteiger partial charge in [-0.25, -0.2) is 0 Å². The minimum atomic E-state index is -0.0145. The molecule has 1 fully saturated rings. The smallest absolute Gasteiger partial charge is 0.0562 e. The van der Waals surface area contributed by atoms with Crippen LogP contribution in [-0.2, 0) is 0 Å². The molecular weight excluding hydrogens is 124 g/mol. The molecular formula is C4H10N2OS. The zero-order valence-corrected chi connectivity index (χ0v) is 5.61. The van der Waals surface area contributed by atoms with Gasteiger partial charge >= 0.3 is 0 Å². The summed E-state index contributed by atoms with van der Waals surface area (Å²) in [5, 5.41) is 14.0. The molecule has 1 aliphatic carbocycles. The van der Waals surface area contributed by atoms with E-state index in [1.807, 2.05) is 6.92 Å². The topological polar surface area (TPSA) is 49.5 Å². The highest BCUT2D eigenvalue weighted by Crippen LogP contribution is 2.41. The number of rotatable bonds is 2. The maximum absolute atomic E-state index is 8.93. The fourth-order valence-corrected chi connectivity index (χ4v) is 0.936. The Hall–Kier alpha value is 0.230. The van der Waals surface area contributed by atoms with Crippen molar-refractivity contribution in [2.75, 3.05) is 0 Å². The largest absolute Gasteiger partial charge is 0.302 e. The van der Waals surface area contributed by atoms with Crippen LogP contribution in [0.1, 0.15) is 19.8 Å². The molecule has 0 unspecified atom stereocenters. The van der Waals surface area contributed by atoms with Crippen LogP contribution in [0, 0.1) is 0 Å². The van der Waals surface area contributed by atoms with Crippen LogP contribution in [0.25, 0.3) is 0 Å². The first-order chi connectivity index (χ1) is 3.69. The second kappa shape index (κ2) is 1.88. The van der Waals surface area contributed by atoms with Crippen molar-refractivity contribution in [1.29, 1.82) is 0 Å². The van der Waals surface area contributed by atoms with Gasteiger partial charge in [-0.2, -0.15) is 0 Å². The molecule has 0 heterocycles. The summed E-state index contributed by atoms with van der Waals surface area (Å²) in [4.78, 5) is 0. The van der Waals surface area contributed by atoms with Crippen LogP contribution < -0.4 is 5.14 Å². The third-order valence-electron chi connectivity index (χ3n) is 1.54. The third kappa shape index (κ3) is 0.974. The maximum Gasteiger partial charge on any atom is 0.0562 e. The van der Waals surface area contributed by atoms with Crippen molar-refractivity contribution >= 4 is 12.1 Å². The Kier molecular flexibility index (Phi) is 1.49. The summed E-state index contributed by atoms with van der Waals surface area (Å²) in [6.07, 6.45) is 2.10. The van der Waals surface area contributed by atoms with Gasteiger partial charge in [0.05, 0.1) is 5.54 Å². The van der Waals surface area contributed by atoms with E-state index in [0.717, 1.165) is 29.4 Å². The molecule has 1 aliphatic rings. The fourth-order valence-electron chi connectivity index (χ4n) is 0.499. The first-order valence-corrected chi connectivity index (χ1v) is 3.39. The van der Waals surface area contributed by atoms with E-state index in [1.54, 1.807) is 0 Å². The summed E-state index contributed by atoms with van der Waals surface area (Å²) in [6.45, 7) is 1.98. The maximum atomic E-state index is 8.93. The van der Waals surface area contributed by atoms with Gasteiger partial charge in [0.25, 0.3) is 0 Å². The van der Waals surface area contributed by atoms with Crippen molar-refractivity contribution in [2.45, 2.75) is 25.3 Å². The average Bonchev–Trinajstić information content (AvgIpc) is 2.47. The Morgan fingerprint density at radius 1 is 1.75 bits per heavy atom. The molecule has 48 valence electrons. The third-order valence-corrected chi connectivity index (χ3v) is 2.18. The van der Waals surface area contributed by atoms with Gasteiger partial charge in [0, 0.05) is 12.1 Å². The molecule has 0 atom stereocenters. The quantitative estimate of drug-likeness (QED) is 0.432. The molecule has 1 saturated carbocycles. The predicted octanol–water partition coefficient (Wildman–Crippen LogP) is 0.752. The van der Waals surface area contributed by atoms with Gasteiger partial charge < -0.3 is 5.21 Å². The van der Waals surface area contributed by atoms with E-state index in [0.29, 0.717) is 0 Å². The molecule has 4 heteroatoms. The van der Waals surface area contributed by atoms with E-state index >= 15 is 0 Å². The fraction of sp³-hybridized carbons (Fsp3) is 1.00. The highest BCUT2D eigenvalue weighted by molar-refractivity contribution is 7.94. The zero-order chi connectivity index (χ0) is 6.20. The van der Waals surface area contributed by atoms with Gasteiger partial charge in [0.15, 0.2) is 0 Å². The van der Waals surface area contributed by atoms with Gasteiger partial charge in [-0.3, -0.25) is 5.14 Å². The Balaban J connectivity index is 2.34. The Morgan fingerprint density at radius 3 is 2.38 bits per heavy atom. The van der Waals surface area contributed by atoms with Crippen LogP contribution >= 0.6 is 12.1 Å². The summed E-state index contributed by atoms with van der Waals surface area (Å²) in [7, 11) is 0. The molecule has 3 N–H and O–H groups in total. The summed E-state index contributed by atoms with van der Waals surface area (Å²) in [5.41, 5.74) is -0.0145. The molecule has 0 bridgehead atoms. The van der Waals surface area contributed by atoms with Gasteiger partial charge in [0.2, 0.25) is 0 Å². The predicted molar refractivity (Wildman–Crippen MR) is 33.0 cm³/mol. The molecule has 0 aliphatic heterocycles. The second-order valence-electron chi connectivity index (χ2n) is 2.38. The van der Waals surface area contributed by atoms with Crippen LogP contribution in [0.2, 0.25) is 0 Å². The minimum Gasteiger partial charge on any atom is -0.302 e. The lowest BCUT2D eigenvalue weighted by Crippen LogP contribution is -2.26. The van der Waals surface area contributed by atoms with Crippen molar-refractivity contribution in [3.63, 3.8) is 0 Å². The highest BCUT2D eigenvalue weighted by atomic mass is 32.2. The highest BCUT2D eigenvalue weighted by Gasteiger charge is 2.43. The van der Waals surface area contributed by atoms with Crippen LogP contribution in [0.3, 0.4) is 0 Å². The molecule has 1 rings (SSSR count). The van der Waals surface area contributed by atoms with Crippen molar-refractivity contribution in [1.82, 2.24) is 4.47 Å². The average molecular weight is 134 g/mol. The normalized spacial score (nSPS) is 24.0. The lowest BCUT2D eigenvalue weighted by Gasteiger charge is -2.16. The summed E-state index contributed by atoms with van der Waals surface area (Å²) >= 11 is 0.883. The summed E-state index contributed by atoms with van der Waals surface area (Å²) < 4.78 is 1.12. The van der Waals surface area contributed by atoms with Crippen molar-refractivity contribution < 1.29 is 5.21 Å². The zero-order valence-electron chi connectivity index (χ0n) is 4.79. The van der Waals surface area contributed by atoms with E-state index < -0.39 is 0 Å². The number of hydrogen-bond acceptors (Lipinski definition) is 4. The Labute approximate surface area is 53.1 Å². The summed E-state index contributed by atoms with van der Waals surface area (Å²) in [5.74, 6) is 0. The standard InChI is InChI=1S/C4H10N2OS/c1-4(2-3-4)6(7)8-5/h7H,2-3,5H2,1H3. The Bertz CT molecular complexity index is 94.0. The van der Waals surface area contributed by atoms with Gasteiger partial charge in [-0.1, -0.05) is 0 Å². The van der Waals surface area contributed by atoms with Gasteiger partial charge in [-0.15, -0.1) is 4.47 Å². The number of nitrogens with zero attached hydrogens (tertiary/aromatic N) is 1.